The Morgan fingerprint density at radius 2 is 1.07 bits per heavy atom. The second-order valence-electron chi connectivity index (χ2n) is 8.97. The predicted molar refractivity (Wildman–Crippen MR) is 123 cm³/mol. The van der Waals surface area contributed by atoms with Crippen molar-refractivity contribution >= 4 is 34.1 Å². The summed E-state index contributed by atoms with van der Waals surface area (Å²) in [4.78, 5) is 0. The Hall–Kier alpha value is -2.69. The third-order valence-corrected chi connectivity index (χ3v) is 6.59. The van der Waals surface area contributed by atoms with E-state index in [4.69, 9.17) is 9.31 Å². The molecule has 150 valence electrons. The molecule has 0 radical (unpaired) electrons. The SMILES string of the molecule is CC1(C)OB(c2c3ccccc3c(-c3ccc(F)cc3)c3ccccc23)OC1(C)C. The first-order chi connectivity index (χ1) is 14.3. The van der Waals surface area contributed by atoms with E-state index in [-0.39, 0.29) is 5.82 Å². The van der Waals surface area contributed by atoms with Crippen molar-refractivity contribution in [3.8, 4) is 11.1 Å². The molecule has 0 saturated carbocycles. The van der Waals surface area contributed by atoms with Crippen molar-refractivity contribution in [1.82, 2.24) is 0 Å². The van der Waals surface area contributed by atoms with Crippen LogP contribution in [0.15, 0.2) is 72.8 Å². The molecule has 1 aliphatic heterocycles. The molecule has 4 heteroatoms. The molecule has 4 aromatic rings. The summed E-state index contributed by atoms with van der Waals surface area (Å²) in [6.45, 7) is 8.29. The highest BCUT2D eigenvalue weighted by molar-refractivity contribution is 6.68. The highest BCUT2D eigenvalue weighted by atomic mass is 19.1. The summed E-state index contributed by atoms with van der Waals surface area (Å²) < 4.78 is 26.5. The van der Waals surface area contributed by atoms with Gasteiger partial charge in [-0.15, -0.1) is 0 Å². The van der Waals surface area contributed by atoms with Crippen molar-refractivity contribution in [3.05, 3.63) is 78.6 Å². The second-order valence-corrected chi connectivity index (χ2v) is 8.97. The lowest BCUT2D eigenvalue weighted by Gasteiger charge is -2.32. The third-order valence-electron chi connectivity index (χ3n) is 6.59. The van der Waals surface area contributed by atoms with Gasteiger partial charge in [0.25, 0.3) is 0 Å². The van der Waals surface area contributed by atoms with Crippen molar-refractivity contribution in [1.29, 1.82) is 0 Å². The highest BCUT2D eigenvalue weighted by Gasteiger charge is 2.52. The van der Waals surface area contributed by atoms with Crippen LogP contribution in [0.5, 0.6) is 0 Å². The van der Waals surface area contributed by atoms with E-state index in [1.165, 1.54) is 12.1 Å². The summed E-state index contributed by atoms with van der Waals surface area (Å²) in [5.74, 6) is -0.235. The quantitative estimate of drug-likeness (QED) is 0.300. The van der Waals surface area contributed by atoms with Gasteiger partial charge in [0.05, 0.1) is 11.2 Å². The molecule has 1 fully saturated rings. The zero-order valence-corrected chi connectivity index (χ0v) is 17.7. The monoisotopic (exact) mass is 398 g/mol. The third kappa shape index (κ3) is 2.86. The minimum atomic E-state index is -0.466. The van der Waals surface area contributed by atoms with Crippen LogP contribution < -0.4 is 5.46 Å². The van der Waals surface area contributed by atoms with Gasteiger partial charge in [-0.2, -0.15) is 0 Å². The fraction of sp³-hybridized carbons (Fsp3) is 0.231. The van der Waals surface area contributed by atoms with E-state index in [0.717, 1.165) is 38.1 Å². The molecule has 1 heterocycles. The van der Waals surface area contributed by atoms with Crippen molar-refractivity contribution < 1.29 is 13.7 Å². The van der Waals surface area contributed by atoms with Crippen LogP contribution in [-0.2, 0) is 9.31 Å². The largest absolute Gasteiger partial charge is 0.496 e. The molecule has 0 aliphatic carbocycles. The number of fused-ring (bicyclic) bond motifs is 2. The van der Waals surface area contributed by atoms with Crippen LogP contribution >= 0.6 is 0 Å². The van der Waals surface area contributed by atoms with E-state index in [9.17, 15) is 4.39 Å². The first-order valence-corrected chi connectivity index (χ1v) is 10.3. The van der Waals surface area contributed by atoms with Crippen LogP contribution in [0.25, 0.3) is 32.7 Å². The van der Waals surface area contributed by atoms with E-state index >= 15 is 0 Å². The molecule has 0 amide bonds. The first-order valence-electron chi connectivity index (χ1n) is 10.3. The lowest BCUT2D eigenvalue weighted by atomic mass is 9.71. The standard InChI is InChI=1S/C26H24BFO2/c1-25(2)26(3,4)30-27(29-25)24-21-11-7-5-9-19(21)23(17-13-15-18(28)16-14-17)20-10-6-8-12-22(20)24/h5-16H,1-4H3. The molecule has 4 aromatic carbocycles. The molecule has 1 aliphatic rings. The van der Waals surface area contributed by atoms with E-state index < -0.39 is 18.3 Å². The smallest absolute Gasteiger partial charge is 0.399 e. The molecule has 1 saturated heterocycles. The van der Waals surface area contributed by atoms with Gasteiger partial charge in [-0.3, -0.25) is 0 Å². The molecule has 0 spiro atoms. The van der Waals surface area contributed by atoms with Gasteiger partial charge in [0, 0.05) is 0 Å². The number of rotatable bonds is 2. The number of benzene rings is 4. The summed E-state index contributed by atoms with van der Waals surface area (Å²) in [6, 6.07) is 23.4. The van der Waals surface area contributed by atoms with Gasteiger partial charge in [0.2, 0.25) is 0 Å². The normalized spacial score (nSPS) is 17.7. The Labute approximate surface area is 176 Å². The molecule has 0 aromatic heterocycles. The minimum Gasteiger partial charge on any atom is -0.399 e. The van der Waals surface area contributed by atoms with Crippen molar-refractivity contribution in [2.75, 3.05) is 0 Å². The Morgan fingerprint density at radius 1 is 0.633 bits per heavy atom. The van der Waals surface area contributed by atoms with Crippen LogP contribution in [0.1, 0.15) is 27.7 Å². The molecule has 0 bridgehead atoms. The Morgan fingerprint density at radius 3 is 1.53 bits per heavy atom. The predicted octanol–water partition coefficient (Wildman–Crippen LogP) is 6.10. The van der Waals surface area contributed by atoms with Crippen LogP contribution in [0, 0.1) is 5.82 Å². The maximum Gasteiger partial charge on any atom is 0.496 e. The number of hydrogen-bond acceptors (Lipinski definition) is 2. The van der Waals surface area contributed by atoms with Crippen molar-refractivity contribution in [2.24, 2.45) is 0 Å². The highest BCUT2D eigenvalue weighted by Crippen LogP contribution is 2.40. The molecule has 0 atom stereocenters. The zero-order valence-electron chi connectivity index (χ0n) is 17.7. The Bertz CT molecular complexity index is 1190. The first kappa shape index (κ1) is 19.3. The fourth-order valence-corrected chi connectivity index (χ4v) is 4.30. The average molecular weight is 398 g/mol. The van der Waals surface area contributed by atoms with Crippen LogP contribution in [-0.4, -0.2) is 18.3 Å². The summed E-state index contributed by atoms with van der Waals surface area (Å²) >= 11 is 0. The van der Waals surface area contributed by atoms with Gasteiger partial charge in [0.1, 0.15) is 5.82 Å². The van der Waals surface area contributed by atoms with Gasteiger partial charge >= 0.3 is 7.12 Å². The summed E-state index contributed by atoms with van der Waals surface area (Å²) in [7, 11) is -0.466. The van der Waals surface area contributed by atoms with E-state index in [1.54, 1.807) is 0 Å². The molecule has 0 N–H and O–H groups in total. The van der Waals surface area contributed by atoms with Crippen LogP contribution in [0.3, 0.4) is 0 Å². The second kappa shape index (κ2) is 6.66. The lowest BCUT2D eigenvalue weighted by molar-refractivity contribution is 0.00578. The molecule has 30 heavy (non-hydrogen) atoms. The minimum absolute atomic E-state index is 0.235. The van der Waals surface area contributed by atoms with Gasteiger partial charge in [-0.25, -0.2) is 4.39 Å². The van der Waals surface area contributed by atoms with Gasteiger partial charge in [-0.1, -0.05) is 60.7 Å². The number of hydrogen-bond donors (Lipinski definition) is 0. The molecule has 0 unspecified atom stereocenters. The van der Waals surface area contributed by atoms with E-state index in [2.05, 4.69) is 52.0 Å². The van der Waals surface area contributed by atoms with E-state index in [0.29, 0.717) is 0 Å². The summed E-state index contributed by atoms with van der Waals surface area (Å²) in [5.41, 5.74) is 2.29. The number of halogens is 1. The van der Waals surface area contributed by atoms with Gasteiger partial charge in [-0.05, 0) is 78.0 Å². The summed E-state index contributed by atoms with van der Waals surface area (Å²) in [5, 5.41) is 4.39. The Balaban J connectivity index is 1.86. The van der Waals surface area contributed by atoms with Crippen molar-refractivity contribution in [2.45, 2.75) is 38.9 Å². The Kier molecular flexibility index (Phi) is 4.28. The zero-order chi connectivity index (χ0) is 21.1. The van der Waals surface area contributed by atoms with Crippen LogP contribution in [0.2, 0.25) is 0 Å². The van der Waals surface area contributed by atoms with Crippen LogP contribution in [0.4, 0.5) is 4.39 Å². The molecule has 5 rings (SSSR count). The molecular weight excluding hydrogens is 374 g/mol. The van der Waals surface area contributed by atoms with Gasteiger partial charge in [0.15, 0.2) is 0 Å². The summed E-state index contributed by atoms with van der Waals surface area (Å²) in [6.07, 6.45) is 0. The fourth-order valence-electron chi connectivity index (χ4n) is 4.30. The maximum atomic E-state index is 13.6. The van der Waals surface area contributed by atoms with Crippen molar-refractivity contribution in [3.63, 3.8) is 0 Å². The lowest BCUT2D eigenvalue weighted by Crippen LogP contribution is -2.41. The average Bonchev–Trinajstić information content (AvgIpc) is 2.93. The molecular formula is C26H24BFO2. The topological polar surface area (TPSA) is 18.5 Å². The maximum absolute atomic E-state index is 13.6. The molecule has 2 nitrogen and oxygen atoms in total. The van der Waals surface area contributed by atoms with Gasteiger partial charge < -0.3 is 9.31 Å². The van der Waals surface area contributed by atoms with E-state index in [1.807, 2.05) is 36.4 Å².